The summed E-state index contributed by atoms with van der Waals surface area (Å²) in [5.74, 6) is 1.64. The maximum Gasteiger partial charge on any atom is 0.226 e. The van der Waals surface area contributed by atoms with Crippen molar-refractivity contribution in [2.24, 2.45) is 0 Å². The van der Waals surface area contributed by atoms with Crippen molar-refractivity contribution in [1.29, 1.82) is 0 Å². The van der Waals surface area contributed by atoms with Gasteiger partial charge in [0, 0.05) is 50.8 Å². The summed E-state index contributed by atoms with van der Waals surface area (Å²) >= 11 is 1.75. The van der Waals surface area contributed by atoms with Crippen LogP contribution in [0.5, 0.6) is 0 Å². The van der Waals surface area contributed by atoms with Crippen LogP contribution < -0.4 is 10.2 Å². The highest BCUT2D eigenvalue weighted by atomic mass is 32.1. The van der Waals surface area contributed by atoms with E-state index < -0.39 is 0 Å². The minimum Gasteiger partial charge on any atom is -0.366 e. The summed E-state index contributed by atoms with van der Waals surface area (Å²) in [5.41, 5.74) is 3.09. The number of nitrogens with zero attached hydrogens (tertiary/aromatic N) is 5. The molecule has 1 fully saturated rings. The Morgan fingerprint density at radius 2 is 2.27 bits per heavy atom. The second-order valence-electron chi connectivity index (χ2n) is 5.86. The van der Waals surface area contributed by atoms with Gasteiger partial charge < -0.3 is 10.2 Å². The number of nitrogens with one attached hydrogen (secondary N) is 1. The average Bonchev–Trinajstić information content (AvgIpc) is 3.10. The van der Waals surface area contributed by atoms with E-state index in [-0.39, 0.29) is 0 Å². The highest BCUT2D eigenvalue weighted by Gasteiger charge is 2.23. The van der Waals surface area contributed by atoms with Crippen molar-refractivity contribution >= 4 is 23.1 Å². The van der Waals surface area contributed by atoms with Gasteiger partial charge in [-0.2, -0.15) is 4.98 Å². The first-order chi connectivity index (χ1) is 10.6. The van der Waals surface area contributed by atoms with Gasteiger partial charge in [-0.3, -0.25) is 4.90 Å². The lowest BCUT2D eigenvalue weighted by Crippen LogP contribution is -2.26. The van der Waals surface area contributed by atoms with E-state index in [1.807, 2.05) is 30.6 Å². The van der Waals surface area contributed by atoms with Crippen molar-refractivity contribution in [2.75, 3.05) is 37.4 Å². The molecule has 0 aromatic carbocycles. The Balaban J connectivity index is 1.57. The van der Waals surface area contributed by atoms with Crippen molar-refractivity contribution in [3.8, 4) is 0 Å². The van der Waals surface area contributed by atoms with Gasteiger partial charge in [0.25, 0.3) is 0 Å². The van der Waals surface area contributed by atoms with E-state index in [4.69, 9.17) is 0 Å². The molecule has 0 bridgehead atoms. The van der Waals surface area contributed by atoms with Gasteiger partial charge in [-0.05, 0) is 19.4 Å². The third-order valence-corrected chi connectivity index (χ3v) is 4.80. The van der Waals surface area contributed by atoms with Crippen molar-refractivity contribution < 1.29 is 0 Å². The number of hydrogen-bond donors (Lipinski definition) is 1. The lowest BCUT2D eigenvalue weighted by atomic mass is 10.2. The van der Waals surface area contributed by atoms with Crippen molar-refractivity contribution in [2.45, 2.75) is 25.9 Å². The van der Waals surface area contributed by atoms with Crippen LogP contribution in [0.2, 0.25) is 0 Å². The van der Waals surface area contributed by atoms with Crippen LogP contribution in [0.25, 0.3) is 0 Å². The largest absolute Gasteiger partial charge is 0.366 e. The molecule has 0 saturated carbocycles. The van der Waals surface area contributed by atoms with Gasteiger partial charge in [-0.25, -0.2) is 9.97 Å². The van der Waals surface area contributed by atoms with Crippen LogP contribution in [-0.4, -0.2) is 53.1 Å². The predicted molar refractivity (Wildman–Crippen MR) is 90.5 cm³/mol. The van der Waals surface area contributed by atoms with Crippen molar-refractivity contribution in [1.82, 2.24) is 19.9 Å². The van der Waals surface area contributed by atoms with Gasteiger partial charge in [0.15, 0.2) is 0 Å². The Bertz CT molecular complexity index is 626. The van der Waals surface area contributed by atoms with Gasteiger partial charge >= 0.3 is 0 Å². The molecule has 3 heterocycles. The van der Waals surface area contributed by atoms with Crippen LogP contribution in [0.1, 0.15) is 17.0 Å². The molecular weight excluding hydrogens is 296 g/mol. The van der Waals surface area contributed by atoms with E-state index in [2.05, 4.69) is 32.1 Å². The Morgan fingerprint density at radius 1 is 1.41 bits per heavy atom. The minimum atomic E-state index is 0.443. The zero-order valence-corrected chi connectivity index (χ0v) is 14.1. The SMILES string of the molecule is Cc1ncsc1CN1CCC(Nc2ccnc(N(C)C)n2)C1. The second kappa shape index (κ2) is 6.58. The molecule has 0 radical (unpaired) electrons. The molecule has 3 rings (SSSR count). The molecule has 1 atom stereocenters. The van der Waals surface area contributed by atoms with Gasteiger partial charge in [0.2, 0.25) is 5.95 Å². The van der Waals surface area contributed by atoms with Crippen LogP contribution in [0.3, 0.4) is 0 Å². The minimum absolute atomic E-state index is 0.443. The zero-order valence-electron chi connectivity index (χ0n) is 13.3. The van der Waals surface area contributed by atoms with Crippen LogP contribution in [0, 0.1) is 6.92 Å². The third kappa shape index (κ3) is 3.53. The van der Waals surface area contributed by atoms with Gasteiger partial charge in [-0.1, -0.05) is 0 Å². The molecule has 7 heteroatoms. The Hall–Kier alpha value is -1.73. The number of hydrogen-bond acceptors (Lipinski definition) is 7. The predicted octanol–water partition coefficient (Wildman–Crippen LogP) is 1.99. The highest BCUT2D eigenvalue weighted by molar-refractivity contribution is 7.09. The molecule has 2 aromatic rings. The number of aromatic nitrogens is 3. The Morgan fingerprint density at radius 3 is 3.00 bits per heavy atom. The normalized spacial score (nSPS) is 18.6. The van der Waals surface area contributed by atoms with Gasteiger partial charge in [0.05, 0.1) is 11.2 Å². The van der Waals surface area contributed by atoms with Gasteiger partial charge in [0.1, 0.15) is 5.82 Å². The average molecular weight is 318 g/mol. The standard InChI is InChI=1S/C15H22N6S/c1-11-13(22-10-17-11)9-21-7-5-12(8-21)18-14-4-6-16-15(19-14)20(2)3/h4,6,10,12H,5,7-9H2,1-3H3,(H,16,18,19). The van der Waals surface area contributed by atoms with Gasteiger partial charge in [-0.15, -0.1) is 11.3 Å². The molecule has 0 amide bonds. The number of likely N-dealkylation sites (tertiary alicyclic amines) is 1. The van der Waals surface area contributed by atoms with E-state index >= 15 is 0 Å². The van der Waals surface area contributed by atoms with Crippen molar-refractivity contribution in [3.63, 3.8) is 0 Å². The lowest BCUT2D eigenvalue weighted by molar-refractivity contribution is 0.330. The highest BCUT2D eigenvalue weighted by Crippen LogP contribution is 2.20. The molecule has 118 valence electrons. The fourth-order valence-electron chi connectivity index (χ4n) is 2.63. The number of aryl methyl sites for hydroxylation is 1. The molecule has 1 aliphatic rings. The molecule has 2 aromatic heterocycles. The third-order valence-electron chi connectivity index (χ3n) is 3.88. The van der Waals surface area contributed by atoms with E-state index in [1.165, 1.54) is 4.88 Å². The Kier molecular flexibility index (Phi) is 4.54. The quantitative estimate of drug-likeness (QED) is 0.910. The van der Waals surface area contributed by atoms with E-state index in [0.29, 0.717) is 6.04 Å². The summed E-state index contributed by atoms with van der Waals surface area (Å²) in [5, 5.41) is 3.53. The van der Waals surface area contributed by atoms with Crippen molar-refractivity contribution in [3.05, 3.63) is 28.3 Å². The Labute approximate surface area is 135 Å². The first-order valence-corrected chi connectivity index (χ1v) is 8.38. The summed E-state index contributed by atoms with van der Waals surface area (Å²) < 4.78 is 0. The molecule has 1 unspecified atom stereocenters. The summed E-state index contributed by atoms with van der Waals surface area (Å²) in [6.07, 6.45) is 2.94. The van der Waals surface area contributed by atoms with Crippen LogP contribution in [0.4, 0.5) is 11.8 Å². The summed E-state index contributed by atoms with van der Waals surface area (Å²) in [4.78, 5) is 18.9. The second-order valence-corrected chi connectivity index (χ2v) is 6.80. The fourth-order valence-corrected chi connectivity index (χ4v) is 3.45. The molecule has 1 N–H and O–H groups in total. The smallest absolute Gasteiger partial charge is 0.226 e. The van der Waals surface area contributed by atoms with E-state index in [9.17, 15) is 0 Å². The molecule has 1 aliphatic heterocycles. The fraction of sp³-hybridized carbons (Fsp3) is 0.533. The first-order valence-electron chi connectivity index (χ1n) is 7.50. The number of anilines is 2. The van der Waals surface area contributed by atoms with Crippen LogP contribution >= 0.6 is 11.3 Å². The maximum atomic E-state index is 4.53. The van der Waals surface area contributed by atoms with Crippen LogP contribution in [0.15, 0.2) is 17.8 Å². The summed E-state index contributed by atoms with van der Waals surface area (Å²) in [7, 11) is 3.90. The zero-order chi connectivity index (χ0) is 15.5. The van der Waals surface area contributed by atoms with Crippen LogP contribution in [-0.2, 0) is 6.54 Å². The number of rotatable bonds is 5. The lowest BCUT2D eigenvalue weighted by Gasteiger charge is -2.17. The van der Waals surface area contributed by atoms with E-state index in [1.54, 1.807) is 17.5 Å². The summed E-state index contributed by atoms with van der Waals surface area (Å²) in [6, 6.07) is 2.38. The topological polar surface area (TPSA) is 57.2 Å². The molecule has 6 nitrogen and oxygen atoms in total. The molecule has 0 aliphatic carbocycles. The maximum absolute atomic E-state index is 4.53. The monoisotopic (exact) mass is 318 g/mol. The number of thiazole rings is 1. The molecular formula is C15H22N6S. The molecule has 22 heavy (non-hydrogen) atoms. The van der Waals surface area contributed by atoms with E-state index in [0.717, 1.165) is 43.5 Å². The molecule has 0 spiro atoms. The first kappa shape index (κ1) is 15.2. The summed E-state index contributed by atoms with van der Waals surface area (Å²) in [6.45, 7) is 5.24. The molecule has 1 saturated heterocycles.